The van der Waals surface area contributed by atoms with Gasteiger partial charge in [-0.15, -0.1) is 12.3 Å². The van der Waals surface area contributed by atoms with Gasteiger partial charge in [-0.25, -0.2) is 4.98 Å². The van der Waals surface area contributed by atoms with Gasteiger partial charge in [0.25, 0.3) is 5.91 Å². The van der Waals surface area contributed by atoms with Crippen molar-refractivity contribution >= 4 is 11.6 Å². The zero-order chi connectivity index (χ0) is 16.5. The highest BCUT2D eigenvalue weighted by atomic mass is 16.1. The van der Waals surface area contributed by atoms with E-state index < -0.39 is 0 Å². The van der Waals surface area contributed by atoms with E-state index in [2.05, 4.69) is 16.2 Å². The monoisotopic (exact) mass is 315 g/mol. The molecular formula is C20H17N3O. The first-order valence-electron chi connectivity index (χ1n) is 8.04. The number of pyridine rings is 1. The minimum absolute atomic E-state index is 0.0627. The van der Waals surface area contributed by atoms with Crippen LogP contribution >= 0.6 is 0 Å². The molecule has 1 N–H and O–H groups in total. The molecule has 1 amide bonds. The number of carbonyl (C=O) groups is 1. The summed E-state index contributed by atoms with van der Waals surface area (Å²) < 4.78 is 1.89. The molecule has 1 fully saturated rings. The lowest BCUT2D eigenvalue weighted by Gasteiger charge is -2.32. The summed E-state index contributed by atoms with van der Waals surface area (Å²) in [6.45, 7) is 0. The molecule has 1 saturated carbocycles. The van der Waals surface area contributed by atoms with Crippen LogP contribution in [-0.2, 0) is 0 Å². The third-order valence-electron chi connectivity index (χ3n) is 4.49. The molecule has 0 aliphatic heterocycles. The largest absolute Gasteiger partial charge is 0.349 e. The number of imidazole rings is 1. The number of rotatable bonds is 3. The van der Waals surface area contributed by atoms with Crippen molar-refractivity contribution in [2.75, 3.05) is 0 Å². The summed E-state index contributed by atoms with van der Waals surface area (Å²) in [6.07, 6.45) is 10.9. The zero-order valence-corrected chi connectivity index (χ0v) is 13.1. The smallest absolute Gasteiger partial charge is 0.252 e. The van der Waals surface area contributed by atoms with E-state index in [1.807, 2.05) is 59.3 Å². The molecule has 4 heteroatoms. The summed E-state index contributed by atoms with van der Waals surface area (Å²) in [5.41, 5.74) is 3.40. The lowest BCUT2D eigenvalue weighted by molar-refractivity contribution is 0.0904. The van der Waals surface area contributed by atoms with Crippen molar-refractivity contribution < 1.29 is 4.79 Å². The minimum atomic E-state index is -0.0627. The van der Waals surface area contributed by atoms with Crippen LogP contribution in [0, 0.1) is 18.3 Å². The summed E-state index contributed by atoms with van der Waals surface area (Å²) >= 11 is 0. The second kappa shape index (κ2) is 5.86. The molecule has 3 aromatic rings. The van der Waals surface area contributed by atoms with E-state index in [9.17, 15) is 4.79 Å². The van der Waals surface area contributed by atoms with Crippen molar-refractivity contribution in [3.8, 4) is 23.6 Å². The van der Waals surface area contributed by atoms with Gasteiger partial charge in [0.15, 0.2) is 0 Å². The van der Waals surface area contributed by atoms with E-state index in [-0.39, 0.29) is 11.9 Å². The van der Waals surface area contributed by atoms with Gasteiger partial charge in [-0.3, -0.25) is 4.79 Å². The number of carbonyl (C=O) groups excluding carboxylic acids is 1. The average Bonchev–Trinajstić information content (AvgIpc) is 3.01. The summed E-state index contributed by atoms with van der Waals surface area (Å²) in [6, 6.07) is 13.9. The molecule has 1 aliphatic carbocycles. The lowest BCUT2D eigenvalue weighted by atomic mass is 9.81. The van der Waals surface area contributed by atoms with Crippen LogP contribution in [-0.4, -0.2) is 21.3 Å². The number of fused-ring (bicyclic) bond motifs is 1. The Morgan fingerprint density at radius 3 is 2.71 bits per heavy atom. The van der Waals surface area contributed by atoms with E-state index in [0.29, 0.717) is 11.5 Å². The van der Waals surface area contributed by atoms with Crippen molar-refractivity contribution in [3.63, 3.8) is 0 Å². The van der Waals surface area contributed by atoms with Crippen LogP contribution < -0.4 is 5.32 Å². The van der Waals surface area contributed by atoms with Gasteiger partial charge in [0.2, 0.25) is 0 Å². The molecule has 118 valence electrons. The highest BCUT2D eigenvalue weighted by Gasteiger charge is 2.28. The Hall–Kier alpha value is -3.06. The number of nitrogens with zero attached hydrogens (tertiary/aromatic N) is 2. The van der Waals surface area contributed by atoms with E-state index in [4.69, 9.17) is 6.42 Å². The quantitative estimate of drug-likeness (QED) is 0.755. The predicted octanol–water partition coefficient (Wildman–Crippen LogP) is 3.14. The molecule has 1 aromatic carbocycles. The SMILES string of the molecule is C#CC1CC(NC(=O)c2ccc3nc(-c4ccccc4)cn3c2)C1. The summed E-state index contributed by atoms with van der Waals surface area (Å²) in [4.78, 5) is 17.0. The number of terminal acetylenes is 1. The number of hydrogen-bond acceptors (Lipinski definition) is 2. The molecule has 0 saturated heterocycles. The van der Waals surface area contributed by atoms with Crippen LogP contribution in [0.5, 0.6) is 0 Å². The van der Waals surface area contributed by atoms with Crippen molar-refractivity contribution in [3.05, 3.63) is 60.4 Å². The Bertz CT molecular complexity index is 930. The lowest BCUT2D eigenvalue weighted by Crippen LogP contribution is -2.43. The molecule has 0 spiro atoms. The van der Waals surface area contributed by atoms with Gasteiger partial charge in [-0.05, 0) is 25.0 Å². The van der Waals surface area contributed by atoms with Gasteiger partial charge in [0.1, 0.15) is 5.65 Å². The fourth-order valence-corrected chi connectivity index (χ4v) is 3.01. The first-order chi connectivity index (χ1) is 11.7. The van der Waals surface area contributed by atoms with Crippen molar-refractivity contribution in [1.82, 2.24) is 14.7 Å². The van der Waals surface area contributed by atoms with Crippen LogP contribution in [0.25, 0.3) is 16.9 Å². The van der Waals surface area contributed by atoms with Crippen LogP contribution in [0.1, 0.15) is 23.2 Å². The molecule has 4 nitrogen and oxygen atoms in total. The number of amides is 1. The number of benzene rings is 1. The first kappa shape index (κ1) is 14.5. The molecule has 4 rings (SSSR count). The Morgan fingerprint density at radius 2 is 1.96 bits per heavy atom. The van der Waals surface area contributed by atoms with E-state index in [0.717, 1.165) is 29.7 Å². The second-order valence-corrected chi connectivity index (χ2v) is 6.18. The predicted molar refractivity (Wildman–Crippen MR) is 93.4 cm³/mol. The van der Waals surface area contributed by atoms with Crippen molar-refractivity contribution in [1.29, 1.82) is 0 Å². The van der Waals surface area contributed by atoms with Gasteiger partial charge in [0, 0.05) is 29.9 Å². The third kappa shape index (κ3) is 2.65. The fourth-order valence-electron chi connectivity index (χ4n) is 3.01. The number of nitrogens with one attached hydrogen (secondary N) is 1. The maximum absolute atomic E-state index is 12.4. The molecular weight excluding hydrogens is 298 g/mol. The third-order valence-corrected chi connectivity index (χ3v) is 4.49. The van der Waals surface area contributed by atoms with Crippen LogP contribution in [0.3, 0.4) is 0 Å². The molecule has 24 heavy (non-hydrogen) atoms. The zero-order valence-electron chi connectivity index (χ0n) is 13.1. The second-order valence-electron chi connectivity index (χ2n) is 6.18. The van der Waals surface area contributed by atoms with E-state index >= 15 is 0 Å². The van der Waals surface area contributed by atoms with Gasteiger partial charge < -0.3 is 9.72 Å². The van der Waals surface area contributed by atoms with Crippen LogP contribution in [0.15, 0.2) is 54.9 Å². The van der Waals surface area contributed by atoms with Crippen molar-refractivity contribution in [2.45, 2.75) is 18.9 Å². The maximum Gasteiger partial charge on any atom is 0.252 e. The topological polar surface area (TPSA) is 46.4 Å². The summed E-state index contributed by atoms with van der Waals surface area (Å²) in [5.74, 6) is 2.97. The molecule has 0 unspecified atom stereocenters. The highest BCUT2D eigenvalue weighted by molar-refractivity contribution is 5.94. The fraction of sp³-hybridized carbons (Fsp3) is 0.200. The summed E-state index contributed by atoms with van der Waals surface area (Å²) in [7, 11) is 0. The van der Waals surface area contributed by atoms with Gasteiger partial charge >= 0.3 is 0 Å². The van der Waals surface area contributed by atoms with Gasteiger partial charge in [0.05, 0.1) is 11.3 Å². The Morgan fingerprint density at radius 1 is 1.17 bits per heavy atom. The summed E-state index contributed by atoms with van der Waals surface area (Å²) in [5, 5.41) is 3.03. The van der Waals surface area contributed by atoms with E-state index in [1.165, 1.54) is 0 Å². The Kier molecular flexibility index (Phi) is 3.55. The number of aromatic nitrogens is 2. The van der Waals surface area contributed by atoms with Gasteiger partial charge in [-0.1, -0.05) is 30.3 Å². The number of hydrogen-bond donors (Lipinski definition) is 1. The highest BCUT2D eigenvalue weighted by Crippen LogP contribution is 2.26. The van der Waals surface area contributed by atoms with Gasteiger partial charge in [-0.2, -0.15) is 0 Å². The standard InChI is InChI=1S/C20H17N3O/c1-2-14-10-17(11-14)21-20(24)16-8-9-19-22-18(13-23(19)12-16)15-6-4-3-5-7-15/h1,3-9,12-14,17H,10-11H2,(H,21,24). The molecule has 1 aliphatic rings. The molecule has 2 heterocycles. The minimum Gasteiger partial charge on any atom is -0.349 e. The first-order valence-corrected chi connectivity index (χ1v) is 8.04. The molecule has 0 radical (unpaired) electrons. The molecule has 2 aromatic heterocycles. The van der Waals surface area contributed by atoms with E-state index in [1.54, 1.807) is 0 Å². The Labute approximate surface area is 140 Å². The maximum atomic E-state index is 12.4. The normalized spacial score (nSPS) is 19.5. The average molecular weight is 315 g/mol. The molecule has 0 bridgehead atoms. The molecule has 0 atom stereocenters. The van der Waals surface area contributed by atoms with Crippen LogP contribution in [0.4, 0.5) is 0 Å². The Balaban J connectivity index is 1.55. The van der Waals surface area contributed by atoms with Crippen LogP contribution in [0.2, 0.25) is 0 Å². The van der Waals surface area contributed by atoms with Crippen molar-refractivity contribution in [2.24, 2.45) is 5.92 Å².